The first-order chi connectivity index (χ1) is 8.97. The second-order valence-electron chi connectivity index (χ2n) is 4.08. The minimum Gasteiger partial charge on any atom is -0.488 e. The molecule has 2 rings (SSSR count). The fourth-order valence-electron chi connectivity index (χ4n) is 1.98. The van der Waals surface area contributed by atoms with E-state index in [9.17, 15) is 9.59 Å². The number of amides is 1. The van der Waals surface area contributed by atoms with Crippen LogP contribution in [0.4, 0.5) is 4.79 Å². The van der Waals surface area contributed by atoms with Crippen LogP contribution in [0.2, 0.25) is 0 Å². The third kappa shape index (κ3) is 3.14. The van der Waals surface area contributed by atoms with Crippen molar-refractivity contribution in [1.82, 2.24) is 9.88 Å². The summed E-state index contributed by atoms with van der Waals surface area (Å²) < 4.78 is 6.17. The lowest BCUT2D eigenvalue weighted by atomic mass is 10.2. The van der Waals surface area contributed by atoms with Gasteiger partial charge in [0.1, 0.15) is 22.5 Å². The molecule has 7 nitrogen and oxygen atoms in total. The van der Waals surface area contributed by atoms with Crippen LogP contribution in [0.5, 0.6) is 5.75 Å². The molecule has 2 heterocycles. The monoisotopic (exact) mass is 330 g/mol. The number of halogens is 1. The molecule has 1 aromatic rings. The van der Waals surface area contributed by atoms with Gasteiger partial charge < -0.3 is 14.9 Å². The zero-order valence-corrected chi connectivity index (χ0v) is 11.3. The molecule has 0 radical (unpaired) electrons. The summed E-state index contributed by atoms with van der Waals surface area (Å²) in [7, 11) is 0. The molecule has 8 heteroatoms. The van der Waals surface area contributed by atoms with E-state index in [-0.39, 0.29) is 13.0 Å². The van der Waals surface area contributed by atoms with Gasteiger partial charge in [0.2, 0.25) is 0 Å². The van der Waals surface area contributed by atoms with Crippen molar-refractivity contribution in [2.45, 2.75) is 18.6 Å². The predicted octanol–water partition coefficient (Wildman–Crippen LogP) is 1.43. The summed E-state index contributed by atoms with van der Waals surface area (Å²) in [6.45, 7) is 0.0340. The number of carboxylic acid groups (broad SMARTS) is 2. The normalized spacial score (nSPS) is 22.3. The minimum absolute atomic E-state index is 0.0340. The van der Waals surface area contributed by atoms with Crippen LogP contribution < -0.4 is 4.74 Å². The molecular formula is C11H11BrN2O5. The number of hydrogen-bond donors (Lipinski definition) is 2. The highest BCUT2D eigenvalue weighted by atomic mass is 79.9. The molecule has 2 N–H and O–H groups in total. The van der Waals surface area contributed by atoms with Crippen molar-refractivity contribution in [2.24, 2.45) is 0 Å². The highest BCUT2D eigenvalue weighted by molar-refractivity contribution is 9.10. The Labute approximate surface area is 116 Å². The molecule has 1 aliphatic heterocycles. The lowest BCUT2D eigenvalue weighted by Gasteiger charge is -2.16. The summed E-state index contributed by atoms with van der Waals surface area (Å²) >= 11 is 3.19. The van der Waals surface area contributed by atoms with Crippen LogP contribution in [-0.2, 0) is 4.79 Å². The Morgan fingerprint density at radius 2 is 2.21 bits per heavy atom. The van der Waals surface area contributed by atoms with Gasteiger partial charge in [-0.1, -0.05) is 0 Å². The van der Waals surface area contributed by atoms with Gasteiger partial charge in [0.25, 0.3) is 0 Å². The maximum Gasteiger partial charge on any atom is 0.408 e. The van der Waals surface area contributed by atoms with E-state index < -0.39 is 24.2 Å². The summed E-state index contributed by atoms with van der Waals surface area (Å²) in [5.74, 6) is -0.646. The van der Waals surface area contributed by atoms with Crippen LogP contribution in [0.15, 0.2) is 22.9 Å². The molecule has 0 unspecified atom stereocenters. The molecule has 1 saturated heterocycles. The van der Waals surface area contributed by atoms with Crippen molar-refractivity contribution in [1.29, 1.82) is 0 Å². The number of hydrogen-bond acceptors (Lipinski definition) is 4. The topological polar surface area (TPSA) is 100.0 Å². The Morgan fingerprint density at radius 1 is 1.47 bits per heavy atom. The van der Waals surface area contributed by atoms with Gasteiger partial charge in [0, 0.05) is 18.7 Å². The van der Waals surface area contributed by atoms with Gasteiger partial charge in [-0.2, -0.15) is 0 Å². The van der Waals surface area contributed by atoms with Crippen molar-refractivity contribution >= 4 is 28.0 Å². The smallest absolute Gasteiger partial charge is 0.408 e. The van der Waals surface area contributed by atoms with E-state index in [4.69, 9.17) is 14.9 Å². The third-order valence-corrected chi connectivity index (χ3v) is 3.23. The zero-order valence-electron chi connectivity index (χ0n) is 9.69. The van der Waals surface area contributed by atoms with Gasteiger partial charge in [-0.05, 0) is 22.0 Å². The van der Waals surface area contributed by atoms with Crippen molar-refractivity contribution in [3.8, 4) is 5.75 Å². The summed E-state index contributed by atoms with van der Waals surface area (Å²) in [5.41, 5.74) is 0. The van der Waals surface area contributed by atoms with Gasteiger partial charge in [-0.3, -0.25) is 4.90 Å². The average molecular weight is 331 g/mol. The molecule has 0 saturated carbocycles. The molecule has 0 aromatic carbocycles. The molecule has 1 fully saturated rings. The van der Waals surface area contributed by atoms with Crippen LogP contribution >= 0.6 is 15.9 Å². The SMILES string of the molecule is O=C(O)[C@@H]1C[C@H](Oc2ccnc(Br)c2)CN1C(=O)O. The minimum atomic E-state index is -1.26. The number of pyridine rings is 1. The first kappa shape index (κ1) is 13.6. The second-order valence-corrected chi connectivity index (χ2v) is 4.89. The Kier molecular flexibility index (Phi) is 3.89. The van der Waals surface area contributed by atoms with Gasteiger partial charge in [0.05, 0.1) is 6.54 Å². The number of ether oxygens (including phenoxy) is 1. The maximum atomic E-state index is 11.0. The first-order valence-corrected chi connectivity index (χ1v) is 6.27. The van der Waals surface area contributed by atoms with Gasteiger partial charge in [0.15, 0.2) is 0 Å². The highest BCUT2D eigenvalue weighted by Gasteiger charge is 2.40. The molecule has 1 amide bonds. The van der Waals surface area contributed by atoms with E-state index in [0.29, 0.717) is 10.4 Å². The number of likely N-dealkylation sites (tertiary alicyclic amines) is 1. The van der Waals surface area contributed by atoms with Crippen molar-refractivity contribution < 1.29 is 24.5 Å². The summed E-state index contributed by atoms with van der Waals surface area (Å²) in [4.78, 5) is 26.8. The van der Waals surface area contributed by atoms with Crippen LogP contribution in [0.25, 0.3) is 0 Å². The van der Waals surface area contributed by atoms with Gasteiger partial charge >= 0.3 is 12.1 Å². The fourth-order valence-corrected chi connectivity index (χ4v) is 2.32. The van der Waals surface area contributed by atoms with E-state index >= 15 is 0 Å². The van der Waals surface area contributed by atoms with Crippen molar-refractivity contribution in [3.05, 3.63) is 22.9 Å². The van der Waals surface area contributed by atoms with Crippen LogP contribution in [0, 0.1) is 0 Å². The van der Waals surface area contributed by atoms with Crippen LogP contribution in [0.1, 0.15) is 6.42 Å². The van der Waals surface area contributed by atoms with Crippen molar-refractivity contribution in [3.63, 3.8) is 0 Å². The molecule has 102 valence electrons. The van der Waals surface area contributed by atoms with E-state index in [2.05, 4.69) is 20.9 Å². The average Bonchev–Trinajstić information content (AvgIpc) is 2.73. The molecule has 1 aromatic heterocycles. The molecule has 19 heavy (non-hydrogen) atoms. The Balaban J connectivity index is 2.07. The Bertz CT molecular complexity index is 488. The van der Waals surface area contributed by atoms with Crippen molar-refractivity contribution in [2.75, 3.05) is 6.54 Å². The van der Waals surface area contributed by atoms with Crippen LogP contribution in [0.3, 0.4) is 0 Å². The third-order valence-electron chi connectivity index (χ3n) is 2.79. The maximum absolute atomic E-state index is 11.0. The standard InChI is InChI=1S/C11H11BrN2O5/c12-9-4-6(1-2-13-9)19-7-3-8(10(15)16)14(5-7)11(17)18/h1-2,4,7-8H,3,5H2,(H,15,16)(H,17,18)/t7-,8-/m0/s1. The largest absolute Gasteiger partial charge is 0.488 e. The second kappa shape index (κ2) is 5.43. The summed E-state index contributed by atoms with van der Waals surface area (Å²) in [6, 6.07) is 2.20. The van der Waals surface area contributed by atoms with E-state index in [1.165, 1.54) is 6.20 Å². The highest BCUT2D eigenvalue weighted by Crippen LogP contribution is 2.24. The predicted molar refractivity (Wildman–Crippen MR) is 67.1 cm³/mol. The summed E-state index contributed by atoms with van der Waals surface area (Å²) in [5, 5.41) is 17.9. The summed E-state index contributed by atoms with van der Waals surface area (Å²) in [6.07, 6.45) is -0.0690. The number of nitrogens with zero attached hydrogens (tertiary/aromatic N) is 2. The lowest BCUT2D eigenvalue weighted by Crippen LogP contribution is -2.39. The zero-order chi connectivity index (χ0) is 14.0. The number of rotatable bonds is 3. The molecule has 0 spiro atoms. The van der Waals surface area contributed by atoms with Gasteiger partial charge in [-0.25, -0.2) is 14.6 Å². The molecule has 0 aliphatic carbocycles. The number of aromatic nitrogens is 1. The number of aliphatic carboxylic acids is 1. The first-order valence-electron chi connectivity index (χ1n) is 5.48. The number of carbonyl (C=O) groups is 2. The van der Waals surface area contributed by atoms with E-state index in [0.717, 1.165) is 4.90 Å². The molecule has 1 aliphatic rings. The van der Waals surface area contributed by atoms with E-state index in [1.54, 1.807) is 12.1 Å². The van der Waals surface area contributed by atoms with E-state index in [1.807, 2.05) is 0 Å². The molecule has 2 atom stereocenters. The van der Waals surface area contributed by atoms with Gasteiger partial charge in [-0.15, -0.1) is 0 Å². The molecule has 0 bridgehead atoms. The quantitative estimate of drug-likeness (QED) is 0.813. The number of carboxylic acids is 1. The lowest BCUT2D eigenvalue weighted by molar-refractivity contribution is -0.141. The van der Waals surface area contributed by atoms with Crippen LogP contribution in [-0.4, -0.2) is 50.9 Å². The molecular weight excluding hydrogens is 320 g/mol. The Morgan fingerprint density at radius 3 is 2.74 bits per heavy atom. The fraction of sp³-hybridized carbons (Fsp3) is 0.364. The Hall–Kier alpha value is -1.83.